The van der Waals surface area contributed by atoms with E-state index in [2.05, 4.69) is 10.3 Å². The molecule has 1 N–H and O–H groups in total. The topological polar surface area (TPSA) is 65.4 Å². The van der Waals surface area contributed by atoms with Gasteiger partial charge in [0, 0.05) is 25.5 Å². The van der Waals surface area contributed by atoms with Gasteiger partial charge in [0.15, 0.2) is 17.3 Å². The molecule has 0 saturated heterocycles. The van der Waals surface area contributed by atoms with Crippen molar-refractivity contribution in [3.63, 3.8) is 0 Å². The van der Waals surface area contributed by atoms with Gasteiger partial charge in [-0.15, -0.1) is 0 Å². The lowest BCUT2D eigenvalue weighted by molar-refractivity contribution is 0.174. The first kappa shape index (κ1) is 12.5. The molecule has 0 bridgehead atoms. The quantitative estimate of drug-likeness (QED) is 0.916. The van der Waals surface area contributed by atoms with Gasteiger partial charge in [0.1, 0.15) is 0 Å². The van der Waals surface area contributed by atoms with E-state index >= 15 is 0 Å². The van der Waals surface area contributed by atoms with E-state index in [0.29, 0.717) is 18.9 Å². The summed E-state index contributed by atoms with van der Waals surface area (Å²) < 4.78 is 12.2. The lowest BCUT2D eigenvalue weighted by Crippen LogP contribution is -2.23. The minimum Gasteiger partial charge on any atom is -0.454 e. The summed E-state index contributed by atoms with van der Waals surface area (Å²) in [6, 6.07) is 5.69. The fourth-order valence-corrected chi connectivity index (χ4v) is 2.05. The maximum atomic E-state index is 12.0. The van der Waals surface area contributed by atoms with Crippen LogP contribution in [0.5, 0.6) is 11.5 Å². The van der Waals surface area contributed by atoms with E-state index in [1.54, 1.807) is 17.0 Å². The number of hydrogen-bond donors (Lipinski definition) is 1. The first-order valence-corrected chi connectivity index (χ1v) is 6.46. The van der Waals surface area contributed by atoms with Gasteiger partial charge in [-0.1, -0.05) is 6.07 Å². The number of aryl methyl sites for hydroxylation is 1. The van der Waals surface area contributed by atoms with Gasteiger partial charge in [-0.25, -0.2) is 4.98 Å². The van der Waals surface area contributed by atoms with Crippen molar-refractivity contribution in [2.24, 2.45) is 0 Å². The Balaban J connectivity index is 1.75. The predicted octanol–water partition coefficient (Wildman–Crippen LogP) is 1.60. The van der Waals surface area contributed by atoms with Crippen LogP contribution in [0.2, 0.25) is 0 Å². The summed E-state index contributed by atoms with van der Waals surface area (Å²) in [5, 5.41) is 3.05. The lowest BCUT2D eigenvalue weighted by Gasteiger charge is -2.08. The molecular weight excluding hydrogens is 258 g/mol. The Morgan fingerprint density at radius 3 is 3.05 bits per heavy atom. The standard InChI is InChI=1S/C14H15N3O3/c1-2-17-6-5-15-13(14(17)18)16-8-10-3-4-11-12(7-10)20-9-19-11/h3-7H,2,8-9H2,1H3,(H,15,16). The SMILES string of the molecule is CCn1ccnc(NCc2ccc3c(c2)OCO3)c1=O. The van der Waals surface area contributed by atoms with Crippen molar-refractivity contribution in [2.75, 3.05) is 12.1 Å². The Hall–Kier alpha value is -2.50. The fraction of sp³-hybridized carbons (Fsp3) is 0.286. The summed E-state index contributed by atoms with van der Waals surface area (Å²) in [7, 11) is 0. The second-order valence-electron chi connectivity index (χ2n) is 4.41. The van der Waals surface area contributed by atoms with E-state index in [-0.39, 0.29) is 12.4 Å². The number of benzene rings is 1. The zero-order valence-electron chi connectivity index (χ0n) is 11.1. The molecule has 20 heavy (non-hydrogen) atoms. The van der Waals surface area contributed by atoms with Crippen LogP contribution in [-0.2, 0) is 13.1 Å². The molecule has 0 atom stereocenters. The molecule has 0 unspecified atom stereocenters. The molecular formula is C14H15N3O3. The van der Waals surface area contributed by atoms with Gasteiger partial charge in [0.25, 0.3) is 5.56 Å². The molecule has 2 heterocycles. The Bertz CT molecular complexity index is 682. The molecule has 0 saturated carbocycles. The molecule has 1 aromatic heterocycles. The fourth-order valence-electron chi connectivity index (χ4n) is 2.05. The second-order valence-corrected chi connectivity index (χ2v) is 4.41. The molecule has 1 aliphatic rings. The Kier molecular flexibility index (Phi) is 3.28. The van der Waals surface area contributed by atoms with E-state index in [9.17, 15) is 4.79 Å². The van der Waals surface area contributed by atoms with Crippen LogP contribution in [0, 0.1) is 0 Å². The van der Waals surface area contributed by atoms with Crippen LogP contribution in [0.15, 0.2) is 35.4 Å². The van der Waals surface area contributed by atoms with Crippen LogP contribution in [0.25, 0.3) is 0 Å². The minimum absolute atomic E-state index is 0.115. The Morgan fingerprint density at radius 2 is 2.20 bits per heavy atom. The van der Waals surface area contributed by atoms with E-state index in [1.807, 2.05) is 25.1 Å². The number of nitrogens with zero attached hydrogens (tertiary/aromatic N) is 2. The molecule has 0 fully saturated rings. The summed E-state index contributed by atoms with van der Waals surface area (Å²) in [6.07, 6.45) is 3.29. The number of nitrogens with one attached hydrogen (secondary N) is 1. The third-order valence-electron chi connectivity index (χ3n) is 3.15. The van der Waals surface area contributed by atoms with Crippen molar-refractivity contribution in [3.05, 3.63) is 46.5 Å². The molecule has 6 heteroatoms. The van der Waals surface area contributed by atoms with Crippen LogP contribution in [0.3, 0.4) is 0 Å². The summed E-state index contributed by atoms with van der Waals surface area (Å²) in [6.45, 7) is 3.31. The molecule has 0 aliphatic carbocycles. The van der Waals surface area contributed by atoms with Gasteiger partial charge < -0.3 is 19.4 Å². The van der Waals surface area contributed by atoms with Crippen LogP contribution >= 0.6 is 0 Å². The highest BCUT2D eigenvalue weighted by molar-refractivity contribution is 5.45. The number of fused-ring (bicyclic) bond motifs is 1. The highest BCUT2D eigenvalue weighted by Crippen LogP contribution is 2.32. The average Bonchev–Trinajstić information content (AvgIpc) is 2.93. The predicted molar refractivity (Wildman–Crippen MR) is 74.1 cm³/mol. The molecule has 3 rings (SSSR count). The average molecular weight is 273 g/mol. The minimum atomic E-state index is -0.115. The number of aromatic nitrogens is 2. The first-order chi connectivity index (χ1) is 9.78. The number of ether oxygens (including phenoxy) is 2. The van der Waals surface area contributed by atoms with Crippen molar-refractivity contribution >= 4 is 5.82 Å². The van der Waals surface area contributed by atoms with Crippen molar-refractivity contribution in [3.8, 4) is 11.5 Å². The molecule has 1 aromatic carbocycles. The van der Waals surface area contributed by atoms with Gasteiger partial charge in [-0.2, -0.15) is 0 Å². The zero-order chi connectivity index (χ0) is 13.9. The molecule has 0 spiro atoms. The van der Waals surface area contributed by atoms with Crippen LogP contribution in [0.4, 0.5) is 5.82 Å². The van der Waals surface area contributed by atoms with Crippen LogP contribution in [-0.4, -0.2) is 16.3 Å². The molecule has 6 nitrogen and oxygen atoms in total. The largest absolute Gasteiger partial charge is 0.454 e. The smallest absolute Gasteiger partial charge is 0.293 e. The monoisotopic (exact) mass is 273 g/mol. The normalized spacial score (nSPS) is 12.4. The van der Waals surface area contributed by atoms with E-state index in [4.69, 9.17) is 9.47 Å². The summed E-state index contributed by atoms with van der Waals surface area (Å²) >= 11 is 0. The van der Waals surface area contributed by atoms with Crippen LogP contribution < -0.4 is 20.3 Å². The second kappa shape index (κ2) is 5.24. The number of rotatable bonds is 4. The maximum Gasteiger partial charge on any atom is 0.293 e. The van der Waals surface area contributed by atoms with Gasteiger partial charge in [-0.05, 0) is 24.6 Å². The zero-order valence-corrected chi connectivity index (χ0v) is 11.1. The van der Waals surface area contributed by atoms with Crippen molar-refractivity contribution in [1.82, 2.24) is 9.55 Å². The Labute approximate surface area is 116 Å². The number of anilines is 1. The van der Waals surface area contributed by atoms with E-state index in [1.165, 1.54) is 0 Å². The number of hydrogen-bond acceptors (Lipinski definition) is 5. The van der Waals surface area contributed by atoms with Gasteiger partial charge >= 0.3 is 0 Å². The van der Waals surface area contributed by atoms with E-state index < -0.39 is 0 Å². The highest BCUT2D eigenvalue weighted by Gasteiger charge is 2.13. The maximum absolute atomic E-state index is 12.0. The molecule has 2 aromatic rings. The van der Waals surface area contributed by atoms with Crippen molar-refractivity contribution in [1.29, 1.82) is 0 Å². The lowest BCUT2D eigenvalue weighted by atomic mass is 10.2. The third kappa shape index (κ3) is 2.32. The molecule has 0 amide bonds. The summed E-state index contributed by atoms with van der Waals surface area (Å²) in [5.41, 5.74) is 0.887. The molecule has 104 valence electrons. The van der Waals surface area contributed by atoms with Gasteiger partial charge in [-0.3, -0.25) is 4.79 Å². The first-order valence-electron chi connectivity index (χ1n) is 6.46. The third-order valence-corrected chi connectivity index (χ3v) is 3.15. The molecule has 0 radical (unpaired) electrons. The van der Waals surface area contributed by atoms with Gasteiger partial charge in [0.05, 0.1) is 0 Å². The Morgan fingerprint density at radius 1 is 1.35 bits per heavy atom. The van der Waals surface area contributed by atoms with Crippen molar-refractivity contribution < 1.29 is 9.47 Å². The summed E-state index contributed by atoms with van der Waals surface area (Å²) in [4.78, 5) is 16.1. The summed E-state index contributed by atoms with van der Waals surface area (Å²) in [5.74, 6) is 1.84. The van der Waals surface area contributed by atoms with E-state index in [0.717, 1.165) is 17.1 Å². The van der Waals surface area contributed by atoms with Crippen molar-refractivity contribution in [2.45, 2.75) is 20.0 Å². The highest BCUT2D eigenvalue weighted by atomic mass is 16.7. The molecule has 1 aliphatic heterocycles. The van der Waals surface area contributed by atoms with Crippen LogP contribution in [0.1, 0.15) is 12.5 Å². The van der Waals surface area contributed by atoms with Gasteiger partial charge in [0.2, 0.25) is 6.79 Å².